The summed E-state index contributed by atoms with van der Waals surface area (Å²) in [4.78, 5) is 0. The Morgan fingerprint density at radius 2 is 0.929 bits per heavy atom. The Hall–Kier alpha value is -1.51. The molecular formula is C38H56BrO2P. The van der Waals surface area contributed by atoms with Gasteiger partial charge in [0.15, 0.2) is 0 Å². The first-order valence-electron chi connectivity index (χ1n) is 16.5. The Kier molecular flexibility index (Phi) is 14.7. The van der Waals surface area contributed by atoms with Gasteiger partial charge in [0, 0.05) is 0 Å². The minimum absolute atomic E-state index is 0.0278. The van der Waals surface area contributed by atoms with Crippen LogP contribution in [0.4, 0.5) is 0 Å². The summed E-state index contributed by atoms with van der Waals surface area (Å²) in [5.74, 6) is 0. The Morgan fingerprint density at radius 1 is 0.548 bits per heavy atom. The molecule has 0 aromatic heterocycles. The van der Waals surface area contributed by atoms with E-state index in [1.165, 1.54) is 71.1 Å². The topological polar surface area (TPSA) is 18.5 Å². The summed E-state index contributed by atoms with van der Waals surface area (Å²) in [6.07, 6.45) is 14.1. The van der Waals surface area contributed by atoms with E-state index >= 15 is 0 Å². The molecule has 0 heterocycles. The van der Waals surface area contributed by atoms with Crippen LogP contribution in [0.3, 0.4) is 0 Å². The number of benzene rings is 3. The number of aryl methyl sites for hydroxylation is 3. The van der Waals surface area contributed by atoms with Gasteiger partial charge < -0.3 is 0 Å². The van der Waals surface area contributed by atoms with Gasteiger partial charge in [-0.3, -0.25) is 0 Å². The van der Waals surface area contributed by atoms with Gasteiger partial charge in [-0.2, -0.15) is 0 Å². The van der Waals surface area contributed by atoms with Gasteiger partial charge in [-0.25, -0.2) is 0 Å². The van der Waals surface area contributed by atoms with Crippen LogP contribution in [0.5, 0.6) is 0 Å². The summed E-state index contributed by atoms with van der Waals surface area (Å²) >= 11 is 4.73. The van der Waals surface area contributed by atoms with E-state index in [-0.39, 0.29) is 6.29 Å². The van der Waals surface area contributed by atoms with Gasteiger partial charge in [0.05, 0.1) is 0 Å². The van der Waals surface area contributed by atoms with E-state index in [9.17, 15) is 0 Å². The van der Waals surface area contributed by atoms with Crippen molar-refractivity contribution in [2.45, 2.75) is 112 Å². The van der Waals surface area contributed by atoms with E-state index in [4.69, 9.17) is 25.0 Å². The second-order valence-corrected chi connectivity index (χ2v) is 21.0. The molecule has 0 unspecified atom stereocenters. The van der Waals surface area contributed by atoms with Crippen molar-refractivity contribution >= 4 is 36.7 Å². The molecule has 232 valence electrons. The van der Waals surface area contributed by atoms with Crippen molar-refractivity contribution in [1.29, 1.82) is 0 Å². The summed E-state index contributed by atoms with van der Waals surface area (Å²) < 4.78 is 12.1. The van der Waals surface area contributed by atoms with Gasteiger partial charge in [0.25, 0.3) is 0 Å². The molecule has 3 aromatic rings. The summed E-state index contributed by atoms with van der Waals surface area (Å²) in [5.41, 5.74) is 4.11. The van der Waals surface area contributed by atoms with Gasteiger partial charge in [-0.05, 0) is 0 Å². The van der Waals surface area contributed by atoms with E-state index in [0.29, 0.717) is 0 Å². The normalized spacial score (nSPS) is 12.9. The van der Waals surface area contributed by atoms with Crippen LogP contribution in [0.25, 0.3) is 0 Å². The van der Waals surface area contributed by atoms with Crippen molar-refractivity contribution < 1.29 is 9.47 Å². The Bertz CT molecular complexity index is 1090. The molecule has 42 heavy (non-hydrogen) atoms. The Labute approximate surface area is 265 Å². The van der Waals surface area contributed by atoms with Crippen LogP contribution >= 0.6 is 20.8 Å². The summed E-state index contributed by atoms with van der Waals surface area (Å²) in [6, 6.07) is 27.3. The SMILES string of the molecule is CCCCOC(CCCCCCCCP(Br)(c1ccccc1C)(c1ccccc1C)c1ccccc1C)OCCCC. The second kappa shape index (κ2) is 17.7. The molecule has 4 heteroatoms. The zero-order valence-electron chi connectivity index (χ0n) is 27.0. The Balaban J connectivity index is 1.72. The molecule has 0 spiro atoms. The monoisotopic (exact) mass is 654 g/mol. The van der Waals surface area contributed by atoms with Crippen LogP contribution in [0.15, 0.2) is 72.8 Å². The Morgan fingerprint density at radius 3 is 1.33 bits per heavy atom. The van der Waals surface area contributed by atoms with Crippen molar-refractivity contribution in [2.24, 2.45) is 0 Å². The molecule has 0 atom stereocenters. The third-order valence-electron chi connectivity index (χ3n) is 8.72. The zero-order chi connectivity index (χ0) is 30.3. The molecule has 0 fully saturated rings. The summed E-state index contributed by atoms with van der Waals surface area (Å²) in [7, 11) is 0. The minimum atomic E-state index is -2.93. The fourth-order valence-electron chi connectivity index (χ4n) is 6.37. The molecule has 2 nitrogen and oxygen atoms in total. The van der Waals surface area contributed by atoms with Crippen molar-refractivity contribution in [3.63, 3.8) is 0 Å². The van der Waals surface area contributed by atoms with Crippen LogP contribution < -0.4 is 15.9 Å². The van der Waals surface area contributed by atoms with Crippen molar-refractivity contribution in [3.05, 3.63) is 89.5 Å². The number of halogens is 1. The minimum Gasteiger partial charge on any atom is -0.0653 e. The van der Waals surface area contributed by atoms with Crippen molar-refractivity contribution in [2.75, 3.05) is 19.4 Å². The van der Waals surface area contributed by atoms with Gasteiger partial charge in [0.2, 0.25) is 0 Å². The van der Waals surface area contributed by atoms with Crippen LogP contribution in [-0.4, -0.2) is 25.7 Å². The third kappa shape index (κ3) is 8.78. The fourth-order valence-corrected chi connectivity index (χ4v) is 16.6. The first-order valence-corrected chi connectivity index (χ1v) is 20.9. The first-order chi connectivity index (χ1) is 20.4. The van der Waals surface area contributed by atoms with Crippen LogP contribution in [-0.2, 0) is 9.47 Å². The van der Waals surface area contributed by atoms with E-state index < -0.39 is 5.31 Å². The predicted molar refractivity (Wildman–Crippen MR) is 191 cm³/mol. The van der Waals surface area contributed by atoms with Crippen molar-refractivity contribution in [3.8, 4) is 0 Å². The van der Waals surface area contributed by atoms with Crippen LogP contribution in [0, 0.1) is 20.8 Å². The molecule has 0 amide bonds. The zero-order valence-corrected chi connectivity index (χ0v) is 29.5. The van der Waals surface area contributed by atoms with E-state index in [2.05, 4.69) is 107 Å². The fraction of sp³-hybridized carbons (Fsp3) is 0.526. The maximum absolute atomic E-state index is 6.05. The molecule has 0 aliphatic carbocycles. The molecule has 0 aliphatic rings. The molecule has 0 N–H and O–H groups in total. The van der Waals surface area contributed by atoms with Crippen LogP contribution in [0.1, 0.15) is 101 Å². The van der Waals surface area contributed by atoms with Crippen LogP contribution in [0.2, 0.25) is 0 Å². The number of ether oxygens (including phenoxy) is 2. The molecule has 3 aromatic carbocycles. The second-order valence-electron chi connectivity index (χ2n) is 12.1. The molecule has 3 rings (SSSR count). The van der Waals surface area contributed by atoms with Crippen molar-refractivity contribution in [1.82, 2.24) is 0 Å². The summed E-state index contributed by atoms with van der Waals surface area (Å²) in [5, 5.41) is 1.50. The molecule has 0 radical (unpaired) electrons. The van der Waals surface area contributed by atoms with Gasteiger partial charge in [0.1, 0.15) is 0 Å². The summed E-state index contributed by atoms with van der Waals surface area (Å²) in [6.45, 7) is 12.9. The number of hydrogen-bond acceptors (Lipinski definition) is 2. The van der Waals surface area contributed by atoms with E-state index in [1.807, 2.05) is 0 Å². The third-order valence-corrected chi connectivity index (χ3v) is 18.9. The van der Waals surface area contributed by atoms with Gasteiger partial charge in [-0.1, -0.05) is 26.7 Å². The number of unbranched alkanes of at least 4 members (excludes halogenated alkanes) is 7. The maximum atomic E-state index is 6.05. The number of rotatable bonds is 20. The predicted octanol–water partition coefficient (Wildman–Crippen LogP) is 10.4. The molecular weight excluding hydrogens is 599 g/mol. The average molecular weight is 656 g/mol. The first kappa shape index (κ1) is 35.0. The molecule has 0 saturated heterocycles. The van der Waals surface area contributed by atoms with E-state index in [1.54, 1.807) is 0 Å². The smallest absolute Gasteiger partial charge is 0.0653 e. The molecule has 0 aliphatic heterocycles. The van der Waals surface area contributed by atoms with Gasteiger partial charge in [-0.15, -0.1) is 0 Å². The standard InChI is InChI=1S/C38H56BrO2P/c1-6-8-29-40-38(41-30-9-7-2)28-14-12-10-11-13-21-31-42(39,35-25-18-15-22-32(35)3,36-26-19-16-23-33(36)4)37-27-20-17-24-34(37)5/h15-20,22-27,38H,6-14,21,28-31H2,1-5H3. The average Bonchev–Trinajstić information content (AvgIpc) is 2.99. The van der Waals surface area contributed by atoms with E-state index in [0.717, 1.165) is 51.5 Å². The molecule has 0 saturated carbocycles. The van der Waals surface area contributed by atoms with Gasteiger partial charge >= 0.3 is 240 Å². The quantitative estimate of drug-likeness (QED) is 0.0685. The molecule has 0 bridgehead atoms. The number of hydrogen-bond donors (Lipinski definition) is 0.